The molecule has 2 aromatic carbocycles. The number of benzene rings is 2. The first-order chi connectivity index (χ1) is 12.5. The first-order valence-electron chi connectivity index (χ1n) is 8.73. The quantitative estimate of drug-likeness (QED) is 0.855. The SMILES string of the molecule is CCOc1cc2c(cc1NC(=O)N(C)Cc1ccccc1O)OC(C)C2. The maximum Gasteiger partial charge on any atom is 0.321 e. The van der Waals surface area contributed by atoms with E-state index in [1.165, 1.54) is 4.90 Å². The summed E-state index contributed by atoms with van der Waals surface area (Å²) in [5.41, 5.74) is 2.34. The van der Waals surface area contributed by atoms with Crippen molar-refractivity contribution in [2.24, 2.45) is 0 Å². The molecule has 0 spiro atoms. The molecule has 0 saturated heterocycles. The van der Waals surface area contributed by atoms with Gasteiger partial charge in [0, 0.05) is 30.7 Å². The highest BCUT2D eigenvalue weighted by Gasteiger charge is 2.23. The number of carbonyl (C=O) groups is 1. The number of hydrogen-bond donors (Lipinski definition) is 2. The number of rotatable bonds is 5. The number of para-hydroxylation sites is 1. The molecule has 2 aromatic rings. The smallest absolute Gasteiger partial charge is 0.321 e. The van der Waals surface area contributed by atoms with Crippen LogP contribution in [0.2, 0.25) is 0 Å². The van der Waals surface area contributed by atoms with Gasteiger partial charge in [-0.2, -0.15) is 0 Å². The molecule has 0 aromatic heterocycles. The zero-order chi connectivity index (χ0) is 18.7. The van der Waals surface area contributed by atoms with Gasteiger partial charge >= 0.3 is 6.03 Å². The first-order valence-corrected chi connectivity index (χ1v) is 8.73. The topological polar surface area (TPSA) is 71.0 Å². The standard InChI is InChI=1S/C20H24N2O4/c1-4-25-19-10-15-9-13(2)26-18(15)11-16(19)21-20(24)22(3)12-14-7-5-6-8-17(14)23/h5-8,10-11,13,23H,4,9,12H2,1-3H3,(H,21,24). The Balaban J connectivity index is 1.76. The number of ether oxygens (including phenoxy) is 2. The predicted molar refractivity (Wildman–Crippen MR) is 100.0 cm³/mol. The maximum atomic E-state index is 12.6. The minimum atomic E-state index is -0.291. The molecule has 138 valence electrons. The van der Waals surface area contributed by atoms with E-state index in [9.17, 15) is 9.90 Å². The molecule has 1 heterocycles. The second kappa shape index (κ2) is 7.56. The van der Waals surface area contributed by atoms with Gasteiger partial charge in [-0.1, -0.05) is 18.2 Å². The normalized spacial score (nSPS) is 15.1. The number of carbonyl (C=O) groups excluding carboxylic acids is 1. The highest BCUT2D eigenvalue weighted by atomic mass is 16.5. The molecule has 6 heteroatoms. The molecule has 0 aliphatic carbocycles. The van der Waals surface area contributed by atoms with E-state index in [1.807, 2.05) is 32.0 Å². The highest BCUT2D eigenvalue weighted by molar-refractivity contribution is 5.91. The van der Waals surface area contributed by atoms with E-state index in [-0.39, 0.29) is 17.9 Å². The Bertz CT molecular complexity index is 806. The van der Waals surface area contributed by atoms with Gasteiger partial charge < -0.3 is 24.8 Å². The summed E-state index contributed by atoms with van der Waals surface area (Å²) in [6.07, 6.45) is 0.950. The molecule has 3 rings (SSSR count). The fourth-order valence-corrected chi connectivity index (χ4v) is 2.99. The fourth-order valence-electron chi connectivity index (χ4n) is 2.99. The van der Waals surface area contributed by atoms with Gasteiger partial charge in [0.2, 0.25) is 0 Å². The lowest BCUT2D eigenvalue weighted by Gasteiger charge is -2.20. The van der Waals surface area contributed by atoms with Crippen molar-refractivity contribution < 1.29 is 19.4 Å². The molecule has 1 unspecified atom stereocenters. The number of anilines is 1. The first kappa shape index (κ1) is 17.9. The summed E-state index contributed by atoms with van der Waals surface area (Å²) in [6, 6.07) is 10.4. The molecule has 2 N–H and O–H groups in total. The molecular weight excluding hydrogens is 332 g/mol. The molecule has 2 amide bonds. The number of fused-ring (bicyclic) bond motifs is 1. The van der Waals surface area contributed by atoms with Crippen LogP contribution in [0.1, 0.15) is 25.0 Å². The molecule has 1 aliphatic heterocycles. The molecule has 0 fully saturated rings. The van der Waals surface area contributed by atoms with Crippen LogP contribution in [0.25, 0.3) is 0 Å². The second-order valence-corrected chi connectivity index (χ2v) is 6.44. The van der Waals surface area contributed by atoms with Gasteiger partial charge in [-0.25, -0.2) is 4.79 Å². The number of urea groups is 1. The lowest BCUT2D eigenvalue weighted by atomic mass is 10.1. The zero-order valence-corrected chi connectivity index (χ0v) is 15.3. The Hall–Kier alpha value is -2.89. The summed E-state index contributed by atoms with van der Waals surface area (Å²) in [7, 11) is 1.67. The third-order valence-corrected chi connectivity index (χ3v) is 4.29. The summed E-state index contributed by atoms with van der Waals surface area (Å²) < 4.78 is 11.5. The molecule has 0 saturated carbocycles. The monoisotopic (exact) mass is 356 g/mol. The van der Waals surface area contributed by atoms with E-state index < -0.39 is 0 Å². The van der Waals surface area contributed by atoms with Crippen LogP contribution >= 0.6 is 0 Å². The Kier molecular flexibility index (Phi) is 5.21. The molecule has 26 heavy (non-hydrogen) atoms. The lowest BCUT2D eigenvalue weighted by Crippen LogP contribution is -2.31. The number of aromatic hydroxyl groups is 1. The van der Waals surface area contributed by atoms with Crippen molar-refractivity contribution in [3.8, 4) is 17.2 Å². The molecule has 1 aliphatic rings. The van der Waals surface area contributed by atoms with E-state index in [4.69, 9.17) is 9.47 Å². The van der Waals surface area contributed by atoms with Crippen molar-refractivity contribution >= 4 is 11.7 Å². The Labute approximate surface area is 153 Å². The van der Waals surface area contributed by atoms with Crippen LogP contribution in [0.15, 0.2) is 36.4 Å². The second-order valence-electron chi connectivity index (χ2n) is 6.44. The number of phenols is 1. The summed E-state index contributed by atoms with van der Waals surface area (Å²) in [5.74, 6) is 1.58. The third-order valence-electron chi connectivity index (χ3n) is 4.29. The predicted octanol–water partition coefficient (Wildman–Crippen LogP) is 3.78. The van der Waals surface area contributed by atoms with Crippen LogP contribution in [0.5, 0.6) is 17.2 Å². The van der Waals surface area contributed by atoms with Crippen LogP contribution in [0, 0.1) is 0 Å². The Morgan fingerprint density at radius 2 is 2.15 bits per heavy atom. The fraction of sp³-hybridized carbons (Fsp3) is 0.350. The van der Waals surface area contributed by atoms with Gasteiger partial charge in [0.25, 0.3) is 0 Å². The van der Waals surface area contributed by atoms with Crippen molar-refractivity contribution in [1.29, 1.82) is 0 Å². The minimum Gasteiger partial charge on any atom is -0.508 e. The zero-order valence-electron chi connectivity index (χ0n) is 15.3. The molecule has 1 atom stereocenters. The Morgan fingerprint density at radius 3 is 2.88 bits per heavy atom. The van der Waals surface area contributed by atoms with Crippen LogP contribution in [0.3, 0.4) is 0 Å². The van der Waals surface area contributed by atoms with Gasteiger partial charge in [-0.05, 0) is 26.0 Å². The maximum absolute atomic E-state index is 12.6. The van der Waals surface area contributed by atoms with Crippen molar-refractivity contribution in [2.75, 3.05) is 19.0 Å². The van der Waals surface area contributed by atoms with E-state index in [2.05, 4.69) is 5.32 Å². The van der Waals surface area contributed by atoms with E-state index >= 15 is 0 Å². The molecule has 0 radical (unpaired) electrons. The lowest BCUT2D eigenvalue weighted by molar-refractivity contribution is 0.220. The molecule has 6 nitrogen and oxygen atoms in total. The van der Waals surface area contributed by atoms with Crippen LogP contribution < -0.4 is 14.8 Å². The van der Waals surface area contributed by atoms with Gasteiger partial charge in [-0.15, -0.1) is 0 Å². The number of amides is 2. The van der Waals surface area contributed by atoms with Crippen molar-refractivity contribution in [2.45, 2.75) is 32.9 Å². The average molecular weight is 356 g/mol. The van der Waals surface area contributed by atoms with Gasteiger partial charge in [-0.3, -0.25) is 0 Å². The van der Waals surface area contributed by atoms with E-state index in [0.717, 1.165) is 17.7 Å². The van der Waals surface area contributed by atoms with Crippen molar-refractivity contribution in [1.82, 2.24) is 4.90 Å². The van der Waals surface area contributed by atoms with E-state index in [0.29, 0.717) is 30.2 Å². The third kappa shape index (κ3) is 3.85. The van der Waals surface area contributed by atoms with Crippen LogP contribution in [-0.4, -0.2) is 35.8 Å². The van der Waals surface area contributed by atoms with Crippen LogP contribution in [-0.2, 0) is 13.0 Å². The number of nitrogens with zero attached hydrogens (tertiary/aromatic N) is 1. The van der Waals surface area contributed by atoms with Gasteiger partial charge in [0.05, 0.1) is 18.8 Å². The van der Waals surface area contributed by atoms with Crippen molar-refractivity contribution in [3.05, 3.63) is 47.5 Å². The minimum absolute atomic E-state index is 0.120. The van der Waals surface area contributed by atoms with Crippen molar-refractivity contribution in [3.63, 3.8) is 0 Å². The Morgan fingerprint density at radius 1 is 1.38 bits per heavy atom. The average Bonchev–Trinajstić information content (AvgIpc) is 2.96. The summed E-state index contributed by atoms with van der Waals surface area (Å²) in [5, 5.41) is 12.8. The van der Waals surface area contributed by atoms with Gasteiger partial charge in [0.1, 0.15) is 23.4 Å². The molecule has 0 bridgehead atoms. The van der Waals surface area contributed by atoms with Gasteiger partial charge in [0.15, 0.2) is 0 Å². The summed E-state index contributed by atoms with van der Waals surface area (Å²) in [4.78, 5) is 14.1. The summed E-state index contributed by atoms with van der Waals surface area (Å²) in [6.45, 7) is 4.72. The largest absolute Gasteiger partial charge is 0.508 e. The number of hydrogen-bond acceptors (Lipinski definition) is 4. The summed E-state index contributed by atoms with van der Waals surface area (Å²) >= 11 is 0. The van der Waals surface area contributed by atoms with E-state index in [1.54, 1.807) is 25.2 Å². The number of nitrogens with one attached hydrogen (secondary N) is 1. The molecular formula is C20H24N2O4. The van der Waals surface area contributed by atoms with Crippen LogP contribution in [0.4, 0.5) is 10.5 Å². The number of phenolic OH excluding ortho intramolecular Hbond substituents is 1. The highest BCUT2D eigenvalue weighted by Crippen LogP contribution is 2.38.